The maximum Gasteiger partial charge on any atom is 0.255 e. The van der Waals surface area contributed by atoms with Crippen LogP contribution in [0.2, 0.25) is 0 Å². The van der Waals surface area contributed by atoms with Crippen molar-refractivity contribution < 1.29 is 9.53 Å². The second-order valence-corrected chi connectivity index (χ2v) is 9.99. The average molecular weight is 497 g/mol. The van der Waals surface area contributed by atoms with Crippen molar-refractivity contribution in [1.29, 1.82) is 0 Å². The number of carbonyl (C=O) groups excluding carboxylic acids is 1. The third-order valence-corrected chi connectivity index (χ3v) is 7.17. The van der Waals surface area contributed by atoms with Crippen LogP contribution >= 0.6 is 0 Å². The molecule has 1 N–H and O–H groups in total. The number of ether oxygens (including phenoxy) is 1. The van der Waals surface area contributed by atoms with Crippen molar-refractivity contribution in [2.24, 2.45) is 0 Å². The number of nitrogens with zero attached hydrogens (tertiary/aromatic N) is 5. The summed E-state index contributed by atoms with van der Waals surface area (Å²) < 4.78 is 10.1. The lowest BCUT2D eigenvalue weighted by atomic mass is 10.0. The van der Waals surface area contributed by atoms with Gasteiger partial charge < -0.3 is 19.2 Å². The largest absolute Gasteiger partial charge is 0.377 e. The van der Waals surface area contributed by atoms with Gasteiger partial charge in [-0.25, -0.2) is 4.98 Å². The van der Waals surface area contributed by atoms with Gasteiger partial charge in [-0.05, 0) is 68.7 Å². The zero-order valence-corrected chi connectivity index (χ0v) is 21.0. The lowest BCUT2D eigenvalue weighted by molar-refractivity contribution is 0.0946. The van der Waals surface area contributed by atoms with E-state index in [1.54, 1.807) is 6.33 Å². The van der Waals surface area contributed by atoms with Crippen LogP contribution in [0.1, 0.15) is 78.3 Å². The molecule has 1 saturated carbocycles. The number of hydrogen-bond acceptors (Lipinski definition) is 5. The van der Waals surface area contributed by atoms with Crippen molar-refractivity contribution in [3.05, 3.63) is 89.7 Å². The second kappa shape index (κ2) is 10.7. The molecule has 190 valence electrons. The minimum atomic E-state index is -0.109. The fraction of sp³-hybridized carbons (Fsp3) is 0.379. The Morgan fingerprint density at radius 2 is 2.05 bits per heavy atom. The van der Waals surface area contributed by atoms with Crippen molar-refractivity contribution in [2.75, 3.05) is 6.61 Å². The van der Waals surface area contributed by atoms with Crippen LogP contribution < -0.4 is 5.32 Å². The van der Waals surface area contributed by atoms with Crippen LogP contribution in [-0.4, -0.2) is 36.8 Å². The molecule has 2 bridgehead atoms. The van der Waals surface area contributed by atoms with Crippen LogP contribution in [0.4, 0.5) is 0 Å². The molecule has 2 aliphatic carbocycles. The first-order valence-electron chi connectivity index (χ1n) is 13.3. The van der Waals surface area contributed by atoms with Crippen LogP contribution in [0.15, 0.2) is 67.1 Å². The molecule has 6 rings (SSSR count). The van der Waals surface area contributed by atoms with Gasteiger partial charge in [0.1, 0.15) is 6.33 Å². The van der Waals surface area contributed by atoms with E-state index in [0.29, 0.717) is 24.7 Å². The molecule has 2 aromatic heterocycles. The van der Waals surface area contributed by atoms with E-state index in [2.05, 4.69) is 43.4 Å². The molecular formula is C29H32N6O2. The summed E-state index contributed by atoms with van der Waals surface area (Å²) in [7, 11) is 0. The molecule has 3 heterocycles. The number of imidazole rings is 1. The van der Waals surface area contributed by atoms with E-state index in [-0.39, 0.29) is 5.91 Å². The molecule has 0 spiro atoms. The minimum absolute atomic E-state index is 0.109. The highest BCUT2D eigenvalue weighted by Gasteiger charge is 2.26. The number of aromatic nitrogens is 5. The molecule has 37 heavy (non-hydrogen) atoms. The highest BCUT2D eigenvalue weighted by atomic mass is 16.5. The number of amides is 1. The molecule has 3 aliphatic rings. The molecule has 0 unspecified atom stereocenters. The van der Waals surface area contributed by atoms with E-state index < -0.39 is 0 Å². The highest BCUT2D eigenvalue weighted by Crippen LogP contribution is 2.39. The van der Waals surface area contributed by atoms with Crippen LogP contribution in [0, 0.1) is 0 Å². The lowest BCUT2D eigenvalue weighted by Crippen LogP contribution is -2.24. The van der Waals surface area contributed by atoms with Gasteiger partial charge in [0, 0.05) is 47.8 Å². The molecular weight excluding hydrogens is 464 g/mol. The Morgan fingerprint density at radius 3 is 2.97 bits per heavy atom. The molecule has 0 saturated heterocycles. The van der Waals surface area contributed by atoms with Gasteiger partial charge in [-0.2, -0.15) is 0 Å². The summed E-state index contributed by atoms with van der Waals surface area (Å²) in [5, 5.41) is 11.7. The van der Waals surface area contributed by atoms with Crippen LogP contribution in [-0.2, 0) is 17.9 Å². The summed E-state index contributed by atoms with van der Waals surface area (Å²) in [6.07, 6.45) is 21.1. The number of benzene rings is 1. The predicted molar refractivity (Wildman–Crippen MR) is 141 cm³/mol. The first-order chi connectivity index (χ1) is 18.2. The fourth-order valence-corrected chi connectivity index (χ4v) is 4.91. The normalized spacial score (nSPS) is 21.4. The van der Waals surface area contributed by atoms with Gasteiger partial charge in [0.25, 0.3) is 5.91 Å². The van der Waals surface area contributed by atoms with Crippen LogP contribution in [0.5, 0.6) is 0 Å². The summed E-state index contributed by atoms with van der Waals surface area (Å²) in [5.41, 5.74) is 5.53. The maximum absolute atomic E-state index is 13.6. The summed E-state index contributed by atoms with van der Waals surface area (Å²) in [6.45, 7) is 1.72. The first kappa shape index (κ1) is 23.6. The summed E-state index contributed by atoms with van der Waals surface area (Å²) >= 11 is 0. The molecule has 8 heteroatoms. The van der Waals surface area contributed by atoms with Crippen molar-refractivity contribution in [3.8, 4) is 5.69 Å². The second-order valence-electron chi connectivity index (χ2n) is 9.99. The van der Waals surface area contributed by atoms with Gasteiger partial charge in [0.15, 0.2) is 5.82 Å². The highest BCUT2D eigenvalue weighted by molar-refractivity contribution is 5.97. The predicted octanol–water partition coefficient (Wildman–Crippen LogP) is 5.09. The number of fused-ring (bicyclic) bond motifs is 5. The standard InChI is InChI=1S/C29H32N6O2/c36-29-26-16-25(35-17-27(30-19-35)21-10-11-21)13-12-23(26)18-37-15-5-14-34-20-31-33-28(34)22-6-2-1-3-8-24(32-29)9-4-7-22/h4,6-7,9,12-13,16-17,19-21H,1-3,5,8,10-11,14-15,18H2,(H,32,36)/b7-4-,22-6?,24-9+. The topological polar surface area (TPSA) is 86.9 Å². The summed E-state index contributed by atoms with van der Waals surface area (Å²) in [4.78, 5) is 18.2. The lowest BCUT2D eigenvalue weighted by Gasteiger charge is -2.16. The average Bonchev–Trinajstić information content (AvgIpc) is 3.45. The minimum Gasteiger partial charge on any atom is -0.377 e. The molecule has 0 radical (unpaired) electrons. The van der Waals surface area contributed by atoms with E-state index >= 15 is 0 Å². The molecule has 1 aromatic carbocycles. The fourth-order valence-electron chi connectivity index (χ4n) is 4.91. The molecule has 0 atom stereocenters. The van der Waals surface area contributed by atoms with Crippen molar-refractivity contribution in [2.45, 2.75) is 64.0 Å². The Hall–Kier alpha value is -3.78. The number of carbonyl (C=O) groups is 1. The van der Waals surface area contributed by atoms with Crippen LogP contribution in [0.3, 0.4) is 0 Å². The number of nitrogens with one attached hydrogen (secondary N) is 1. The molecule has 1 aliphatic heterocycles. The van der Waals surface area contributed by atoms with E-state index in [1.807, 2.05) is 41.2 Å². The molecule has 1 fully saturated rings. The Bertz CT molecular complexity index is 1370. The third-order valence-electron chi connectivity index (χ3n) is 7.17. The van der Waals surface area contributed by atoms with E-state index in [4.69, 9.17) is 4.74 Å². The zero-order chi connectivity index (χ0) is 25.0. The van der Waals surface area contributed by atoms with Gasteiger partial charge >= 0.3 is 0 Å². The Balaban J connectivity index is 1.33. The van der Waals surface area contributed by atoms with Gasteiger partial charge in [-0.3, -0.25) is 4.79 Å². The van der Waals surface area contributed by atoms with E-state index in [9.17, 15) is 4.79 Å². The van der Waals surface area contributed by atoms with Crippen molar-refractivity contribution in [1.82, 2.24) is 29.6 Å². The Morgan fingerprint density at radius 1 is 1.11 bits per heavy atom. The molecule has 1 amide bonds. The van der Waals surface area contributed by atoms with E-state index in [0.717, 1.165) is 72.7 Å². The van der Waals surface area contributed by atoms with Gasteiger partial charge in [0.2, 0.25) is 0 Å². The molecule has 8 nitrogen and oxygen atoms in total. The summed E-state index contributed by atoms with van der Waals surface area (Å²) in [5.74, 6) is 1.34. The first-order valence-corrected chi connectivity index (χ1v) is 13.3. The number of aryl methyl sites for hydroxylation is 1. The third kappa shape index (κ3) is 5.49. The van der Waals surface area contributed by atoms with E-state index in [1.165, 1.54) is 12.8 Å². The summed E-state index contributed by atoms with van der Waals surface area (Å²) in [6, 6.07) is 5.99. The number of allylic oxidation sites excluding steroid dienone is 6. The van der Waals surface area contributed by atoms with Crippen LogP contribution in [0.25, 0.3) is 11.3 Å². The van der Waals surface area contributed by atoms with Gasteiger partial charge in [0.05, 0.1) is 18.6 Å². The monoisotopic (exact) mass is 496 g/mol. The van der Waals surface area contributed by atoms with Crippen molar-refractivity contribution in [3.63, 3.8) is 0 Å². The van der Waals surface area contributed by atoms with Gasteiger partial charge in [-0.15, -0.1) is 10.2 Å². The van der Waals surface area contributed by atoms with Crippen molar-refractivity contribution >= 4 is 11.5 Å². The molecule has 3 aromatic rings. The Kier molecular flexibility index (Phi) is 6.82. The quantitative estimate of drug-likeness (QED) is 0.534. The smallest absolute Gasteiger partial charge is 0.255 e. The number of hydrogen-bond donors (Lipinski definition) is 1. The maximum atomic E-state index is 13.6. The number of rotatable bonds is 2. The van der Waals surface area contributed by atoms with Gasteiger partial charge in [-0.1, -0.05) is 24.3 Å². The zero-order valence-electron chi connectivity index (χ0n) is 21.0. The SMILES string of the molecule is O=C1N/C2=C/C=C\C(=CCCCC2)c2nncn2CCCOCc2ccc(-n3cnc(C4CC4)c3)cc21. The Labute approximate surface area is 216 Å².